The first kappa shape index (κ1) is 3.74. The molecule has 0 fully saturated rings. The molecule has 0 rings (SSSR count). The molecule has 0 spiro atoms. The van der Waals surface area contributed by atoms with Crippen molar-refractivity contribution in [1.82, 2.24) is 0 Å². The summed E-state index contributed by atoms with van der Waals surface area (Å²) in [5.74, 6) is 0. The zero-order chi connectivity index (χ0) is 3.58. The lowest BCUT2D eigenvalue weighted by Crippen LogP contribution is -1.44. The van der Waals surface area contributed by atoms with Crippen LogP contribution in [0.1, 0.15) is 13.8 Å². The van der Waals surface area contributed by atoms with E-state index in [9.17, 15) is 0 Å². The van der Waals surface area contributed by atoms with Crippen LogP contribution >= 0.6 is 0 Å². The van der Waals surface area contributed by atoms with Crippen LogP contribution in [0.15, 0.2) is 5.57 Å². The largest absolute Gasteiger partial charge is 0.515 e. The maximum atomic E-state index is 5.03. The van der Waals surface area contributed by atoms with E-state index >= 15 is 0 Å². The fraction of sp³-hybridized carbons (Fsp3) is 0.500. The standard InChI is InChI=1S/C4H7/c1-4(2)3/h1H,2-3H3/q-1. The number of rotatable bonds is 0. The van der Waals surface area contributed by atoms with E-state index in [4.69, 9.17) is 6.58 Å². The van der Waals surface area contributed by atoms with Crippen LogP contribution in [0.2, 0.25) is 0 Å². The molecule has 0 aromatic rings. The SMILES string of the molecule is [CH-]=C(C)C. The molecule has 0 heteroatoms. The van der Waals surface area contributed by atoms with Crippen LogP contribution < -0.4 is 0 Å². The molecular weight excluding hydrogens is 48.0 g/mol. The van der Waals surface area contributed by atoms with E-state index in [1.165, 1.54) is 0 Å². The average Bonchev–Trinajstić information content (AvgIpc) is 0.811. The molecule has 0 atom stereocenters. The van der Waals surface area contributed by atoms with Crippen molar-refractivity contribution in [2.75, 3.05) is 0 Å². The summed E-state index contributed by atoms with van der Waals surface area (Å²) in [7, 11) is 0. The van der Waals surface area contributed by atoms with Gasteiger partial charge in [0.05, 0.1) is 0 Å². The fourth-order valence-corrected chi connectivity index (χ4v) is 0. The molecule has 0 amide bonds. The first-order valence-electron chi connectivity index (χ1n) is 1.29. The first-order valence-corrected chi connectivity index (χ1v) is 1.29. The zero-order valence-electron chi connectivity index (χ0n) is 3.08. The smallest absolute Gasteiger partial charge is 0.0768 e. The Morgan fingerprint density at radius 3 is 1.50 bits per heavy atom. The summed E-state index contributed by atoms with van der Waals surface area (Å²) < 4.78 is 0. The van der Waals surface area contributed by atoms with Gasteiger partial charge in [0.2, 0.25) is 0 Å². The lowest BCUT2D eigenvalue weighted by molar-refractivity contribution is 1.41. The van der Waals surface area contributed by atoms with Gasteiger partial charge in [0.1, 0.15) is 0 Å². The van der Waals surface area contributed by atoms with Crippen LogP contribution in [0, 0.1) is 6.58 Å². The summed E-state index contributed by atoms with van der Waals surface area (Å²) in [6, 6.07) is 0. The van der Waals surface area contributed by atoms with Crippen LogP contribution in [0.5, 0.6) is 0 Å². The topological polar surface area (TPSA) is 0 Å². The Balaban J connectivity index is 2.80. The molecule has 4 heavy (non-hydrogen) atoms. The number of hydrogen-bond acceptors (Lipinski definition) is 0. The van der Waals surface area contributed by atoms with Crippen molar-refractivity contribution in [3.05, 3.63) is 12.2 Å². The highest BCUT2D eigenvalue weighted by molar-refractivity contribution is 4.74. The van der Waals surface area contributed by atoms with Crippen molar-refractivity contribution < 1.29 is 0 Å². The van der Waals surface area contributed by atoms with Crippen LogP contribution in [0.4, 0.5) is 0 Å². The van der Waals surface area contributed by atoms with Gasteiger partial charge in [0.15, 0.2) is 0 Å². The lowest BCUT2D eigenvalue weighted by atomic mass is 10.4. The highest BCUT2D eigenvalue weighted by atomic mass is 13.6. The van der Waals surface area contributed by atoms with Gasteiger partial charge in [0, 0.05) is 0 Å². The molecule has 0 bridgehead atoms. The molecule has 0 aliphatic carbocycles. The molecule has 0 saturated carbocycles. The van der Waals surface area contributed by atoms with Crippen molar-refractivity contribution in [3.63, 3.8) is 0 Å². The molecule has 0 aromatic heterocycles. The van der Waals surface area contributed by atoms with Crippen molar-refractivity contribution in [1.29, 1.82) is 0 Å². The van der Waals surface area contributed by atoms with Gasteiger partial charge in [-0.3, -0.25) is 5.57 Å². The highest BCUT2D eigenvalue weighted by Crippen LogP contribution is 1.73. The molecule has 0 aromatic carbocycles. The van der Waals surface area contributed by atoms with Crippen LogP contribution in [-0.2, 0) is 0 Å². The second kappa shape index (κ2) is 1.10. The van der Waals surface area contributed by atoms with E-state index < -0.39 is 0 Å². The fourth-order valence-electron chi connectivity index (χ4n) is 0. The van der Waals surface area contributed by atoms with E-state index in [2.05, 4.69) is 0 Å². The van der Waals surface area contributed by atoms with Gasteiger partial charge in [-0.2, -0.15) is 0 Å². The van der Waals surface area contributed by atoms with Gasteiger partial charge in [-0.15, -0.1) is 0 Å². The summed E-state index contributed by atoms with van der Waals surface area (Å²) in [5.41, 5.74) is 0.917. The summed E-state index contributed by atoms with van der Waals surface area (Å²) >= 11 is 0. The molecule has 24 valence electrons. The minimum Gasteiger partial charge on any atom is -0.515 e. The molecule has 0 radical (unpaired) electrons. The van der Waals surface area contributed by atoms with Gasteiger partial charge in [-0.25, -0.2) is 0 Å². The zero-order valence-corrected chi connectivity index (χ0v) is 3.08. The minimum atomic E-state index is 0.917. The van der Waals surface area contributed by atoms with E-state index in [1.54, 1.807) is 0 Å². The maximum Gasteiger partial charge on any atom is -0.0768 e. The first-order chi connectivity index (χ1) is 1.73. The summed E-state index contributed by atoms with van der Waals surface area (Å²) in [6.45, 7) is 8.75. The molecule has 0 heterocycles. The van der Waals surface area contributed by atoms with Crippen LogP contribution in [0.25, 0.3) is 0 Å². The quantitative estimate of drug-likeness (QED) is 0.367. The highest BCUT2D eigenvalue weighted by Gasteiger charge is 1.38. The molecule has 0 aliphatic rings. The summed E-state index contributed by atoms with van der Waals surface area (Å²) in [6.07, 6.45) is 0. The van der Waals surface area contributed by atoms with Gasteiger partial charge in [0.25, 0.3) is 0 Å². The average molecular weight is 55.1 g/mol. The van der Waals surface area contributed by atoms with E-state index in [0.29, 0.717) is 0 Å². The third-order valence-corrected chi connectivity index (χ3v) is 0. The van der Waals surface area contributed by atoms with Crippen LogP contribution in [0.3, 0.4) is 0 Å². The molecular formula is C4H7-. The molecule has 0 unspecified atom stereocenters. The summed E-state index contributed by atoms with van der Waals surface area (Å²) in [5, 5.41) is 0. The third kappa shape index (κ3) is 14.1. The van der Waals surface area contributed by atoms with Crippen molar-refractivity contribution in [3.8, 4) is 0 Å². The number of hydrogen-bond donors (Lipinski definition) is 0. The predicted molar refractivity (Wildman–Crippen MR) is 19.2 cm³/mol. The summed E-state index contributed by atoms with van der Waals surface area (Å²) in [4.78, 5) is 0. The van der Waals surface area contributed by atoms with E-state index in [0.717, 1.165) is 5.57 Å². The van der Waals surface area contributed by atoms with Crippen molar-refractivity contribution in [2.45, 2.75) is 13.8 Å². The van der Waals surface area contributed by atoms with Gasteiger partial charge >= 0.3 is 0 Å². The van der Waals surface area contributed by atoms with Gasteiger partial charge < -0.3 is 6.58 Å². The predicted octanol–water partition coefficient (Wildman–Crippen LogP) is 1.39. The molecule has 0 saturated heterocycles. The monoisotopic (exact) mass is 55.1 g/mol. The molecule has 0 aliphatic heterocycles. The second-order valence-corrected chi connectivity index (χ2v) is 1.08. The normalized spacial score (nSPS) is 6.50. The lowest BCUT2D eigenvalue weighted by Gasteiger charge is -1.81. The van der Waals surface area contributed by atoms with Crippen molar-refractivity contribution >= 4 is 0 Å². The van der Waals surface area contributed by atoms with E-state index in [1.807, 2.05) is 13.8 Å². The second-order valence-electron chi connectivity index (χ2n) is 1.08. The Kier molecular flexibility index (Phi) is 1.03. The minimum absolute atomic E-state index is 0.917. The number of allylic oxidation sites excluding steroid dienone is 1. The molecule has 0 nitrogen and oxygen atoms in total. The molecule has 0 N–H and O–H groups in total. The Hall–Kier alpha value is -0.260. The maximum absolute atomic E-state index is 5.03. The Bertz CT molecular complexity index is 23.0. The Morgan fingerprint density at radius 1 is 1.50 bits per heavy atom. The third-order valence-electron chi connectivity index (χ3n) is 0. The Morgan fingerprint density at radius 2 is 1.50 bits per heavy atom. The van der Waals surface area contributed by atoms with Gasteiger partial charge in [-0.1, -0.05) is 13.8 Å². The van der Waals surface area contributed by atoms with Gasteiger partial charge in [-0.05, 0) is 0 Å². The Labute approximate surface area is 27.1 Å². The van der Waals surface area contributed by atoms with E-state index in [-0.39, 0.29) is 0 Å². The van der Waals surface area contributed by atoms with Crippen molar-refractivity contribution in [2.24, 2.45) is 0 Å². The van der Waals surface area contributed by atoms with Crippen LogP contribution in [-0.4, -0.2) is 0 Å².